The summed E-state index contributed by atoms with van der Waals surface area (Å²) >= 11 is 0. The summed E-state index contributed by atoms with van der Waals surface area (Å²) in [6.07, 6.45) is 0. The topological polar surface area (TPSA) is 98.1 Å². The fourth-order valence-corrected chi connectivity index (χ4v) is 1.18. The van der Waals surface area contributed by atoms with Gasteiger partial charge in [0.1, 0.15) is 18.0 Å². The zero-order valence-corrected chi connectivity index (χ0v) is 8.54. The van der Waals surface area contributed by atoms with Crippen LogP contribution in [-0.2, 0) is 4.79 Å². The molecule has 6 heteroatoms. The number of carboxylic acids is 1. The summed E-state index contributed by atoms with van der Waals surface area (Å²) in [5.74, 6) is -2.33. The van der Waals surface area contributed by atoms with E-state index < -0.39 is 18.4 Å². The van der Waals surface area contributed by atoms with Crippen LogP contribution in [0, 0.1) is 0 Å². The van der Waals surface area contributed by atoms with E-state index in [4.69, 9.17) is 10.2 Å². The van der Waals surface area contributed by atoms with Crippen molar-refractivity contribution in [3.8, 4) is 11.5 Å². The molecule has 0 aliphatic carbocycles. The maximum atomic E-state index is 11.6. The van der Waals surface area contributed by atoms with Crippen molar-refractivity contribution in [3.63, 3.8) is 0 Å². The summed E-state index contributed by atoms with van der Waals surface area (Å²) in [5.41, 5.74) is -0.0541. The molecule has 3 N–H and O–H groups in total. The van der Waals surface area contributed by atoms with Gasteiger partial charge in [-0.15, -0.1) is 0 Å². The summed E-state index contributed by atoms with van der Waals surface area (Å²) in [7, 11) is 1.31. The number of carbonyl (C=O) groups excluding carboxylic acids is 1. The summed E-state index contributed by atoms with van der Waals surface area (Å²) in [6.45, 7) is -0.459. The molecule has 0 unspecified atom stereocenters. The van der Waals surface area contributed by atoms with Gasteiger partial charge in [0, 0.05) is 13.1 Å². The van der Waals surface area contributed by atoms with Crippen molar-refractivity contribution in [2.24, 2.45) is 0 Å². The molecular formula is C10H11NO5. The number of carboxylic acid groups (broad SMARTS) is 1. The van der Waals surface area contributed by atoms with E-state index in [1.165, 1.54) is 19.2 Å². The van der Waals surface area contributed by atoms with Gasteiger partial charge in [0.2, 0.25) is 0 Å². The van der Waals surface area contributed by atoms with Gasteiger partial charge in [0.25, 0.3) is 5.91 Å². The number of phenols is 2. The molecule has 1 aromatic carbocycles. The van der Waals surface area contributed by atoms with Crippen molar-refractivity contribution in [2.75, 3.05) is 13.6 Å². The van der Waals surface area contributed by atoms with E-state index in [1.54, 1.807) is 0 Å². The SMILES string of the molecule is CN(CC(=O)O)C(=O)c1ccc(O)cc1O. The Labute approximate surface area is 91.4 Å². The number of likely N-dealkylation sites (N-methyl/N-ethyl adjacent to an activating group) is 1. The van der Waals surface area contributed by atoms with Gasteiger partial charge < -0.3 is 20.2 Å². The molecular weight excluding hydrogens is 214 g/mol. The summed E-state index contributed by atoms with van der Waals surface area (Å²) < 4.78 is 0. The number of nitrogens with zero attached hydrogens (tertiary/aromatic N) is 1. The van der Waals surface area contributed by atoms with Crippen molar-refractivity contribution in [3.05, 3.63) is 23.8 Å². The first-order chi connectivity index (χ1) is 7.41. The van der Waals surface area contributed by atoms with Gasteiger partial charge in [-0.1, -0.05) is 0 Å². The molecule has 0 atom stereocenters. The van der Waals surface area contributed by atoms with Crippen LogP contribution in [0.1, 0.15) is 10.4 Å². The number of rotatable bonds is 3. The van der Waals surface area contributed by atoms with Gasteiger partial charge >= 0.3 is 5.97 Å². The summed E-state index contributed by atoms with van der Waals surface area (Å²) in [6, 6.07) is 3.48. The van der Waals surface area contributed by atoms with Crippen molar-refractivity contribution in [1.82, 2.24) is 4.90 Å². The highest BCUT2D eigenvalue weighted by Crippen LogP contribution is 2.23. The lowest BCUT2D eigenvalue weighted by Crippen LogP contribution is -2.31. The van der Waals surface area contributed by atoms with Gasteiger partial charge in [-0.2, -0.15) is 0 Å². The normalized spacial score (nSPS) is 9.81. The summed E-state index contributed by atoms with van der Waals surface area (Å²) in [4.78, 5) is 23.0. The van der Waals surface area contributed by atoms with Gasteiger partial charge in [-0.3, -0.25) is 9.59 Å². The zero-order chi connectivity index (χ0) is 12.3. The number of aromatic hydroxyl groups is 2. The van der Waals surface area contributed by atoms with Crippen molar-refractivity contribution < 1.29 is 24.9 Å². The predicted octanol–water partition coefficient (Wildman–Crippen LogP) is 0.254. The Morgan fingerprint density at radius 3 is 2.44 bits per heavy atom. The molecule has 0 saturated heterocycles. The van der Waals surface area contributed by atoms with Gasteiger partial charge in [0.05, 0.1) is 5.56 Å². The van der Waals surface area contributed by atoms with Crippen LogP contribution in [0.15, 0.2) is 18.2 Å². The molecule has 6 nitrogen and oxygen atoms in total. The molecule has 1 aromatic rings. The maximum Gasteiger partial charge on any atom is 0.323 e. The molecule has 0 spiro atoms. The van der Waals surface area contributed by atoms with Gasteiger partial charge in [-0.25, -0.2) is 0 Å². The van der Waals surface area contributed by atoms with Crippen LogP contribution in [0.2, 0.25) is 0 Å². The third-order valence-corrected chi connectivity index (χ3v) is 1.93. The second-order valence-electron chi connectivity index (χ2n) is 3.26. The first-order valence-electron chi connectivity index (χ1n) is 4.41. The van der Waals surface area contributed by atoms with E-state index in [0.717, 1.165) is 11.0 Å². The van der Waals surface area contributed by atoms with E-state index in [0.29, 0.717) is 0 Å². The molecule has 0 saturated carbocycles. The van der Waals surface area contributed by atoms with Crippen LogP contribution in [0.5, 0.6) is 11.5 Å². The molecule has 0 aliphatic heterocycles. The number of amides is 1. The Balaban J connectivity index is 2.92. The smallest absolute Gasteiger partial charge is 0.323 e. The second-order valence-corrected chi connectivity index (χ2v) is 3.26. The predicted molar refractivity (Wildman–Crippen MR) is 54.4 cm³/mol. The maximum absolute atomic E-state index is 11.6. The minimum absolute atomic E-state index is 0.0541. The minimum Gasteiger partial charge on any atom is -0.508 e. The van der Waals surface area contributed by atoms with E-state index in [9.17, 15) is 14.7 Å². The Kier molecular flexibility index (Phi) is 3.34. The highest BCUT2D eigenvalue weighted by atomic mass is 16.4. The monoisotopic (exact) mass is 225 g/mol. The Bertz CT molecular complexity index is 429. The molecule has 0 radical (unpaired) electrons. The van der Waals surface area contributed by atoms with E-state index in [1.807, 2.05) is 0 Å². The molecule has 16 heavy (non-hydrogen) atoms. The quantitative estimate of drug-likeness (QED) is 0.685. The molecule has 86 valence electrons. The van der Waals surface area contributed by atoms with Crippen LogP contribution in [-0.4, -0.2) is 45.7 Å². The molecule has 0 aromatic heterocycles. The third kappa shape index (κ3) is 2.63. The van der Waals surface area contributed by atoms with E-state index in [2.05, 4.69) is 0 Å². The minimum atomic E-state index is -1.14. The van der Waals surface area contributed by atoms with Crippen molar-refractivity contribution in [1.29, 1.82) is 0 Å². The second kappa shape index (κ2) is 4.52. The van der Waals surface area contributed by atoms with Crippen LogP contribution in [0.3, 0.4) is 0 Å². The first kappa shape index (κ1) is 11.8. The average molecular weight is 225 g/mol. The van der Waals surface area contributed by atoms with Crippen LogP contribution in [0.25, 0.3) is 0 Å². The summed E-state index contributed by atoms with van der Waals surface area (Å²) in [5, 5.41) is 26.9. The third-order valence-electron chi connectivity index (χ3n) is 1.93. The number of hydrogen-bond acceptors (Lipinski definition) is 4. The number of carbonyl (C=O) groups is 2. The standard InChI is InChI=1S/C10H11NO5/c1-11(5-9(14)15)10(16)7-3-2-6(12)4-8(7)13/h2-4,12-13H,5H2,1H3,(H,14,15). The molecule has 1 rings (SSSR count). The van der Waals surface area contributed by atoms with Crippen LogP contribution >= 0.6 is 0 Å². The fraction of sp³-hybridized carbons (Fsp3) is 0.200. The van der Waals surface area contributed by atoms with Crippen LogP contribution in [0.4, 0.5) is 0 Å². The lowest BCUT2D eigenvalue weighted by Gasteiger charge is -2.15. The molecule has 0 heterocycles. The number of benzene rings is 1. The highest BCUT2D eigenvalue weighted by Gasteiger charge is 2.17. The van der Waals surface area contributed by atoms with Crippen molar-refractivity contribution in [2.45, 2.75) is 0 Å². The lowest BCUT2D eigenvalue weighted by molar-refractivity contribution is -0.137. The van der Waals surface area contributed by atoms with Crippen molar-refractivity contribution >= 4 is 11.9 Å². The Morgan fingerprint density at radius 1 is 1.31 bits per heavy atom. The highest BCUT2D eigenvalue weighted by molar-refractivity contribution is 5.98. The molecule has 0 bridgehead atoms. The van der Waals surface area contributed by atoms with Gasteiger partial charge in [0.15, 0.2) is 0 Å². The lowest BCUT2D eigenvalue weighted by atomic mass is 10.1. The fourth-order valence-electron chi connectivity index (χ4n) is 1.18. The number of phenolic OH excluding ortho intramolecular Hbond substituents is 2. The number of hydrogen-bond donors (Lipinski definition) is 3. The largest absolute Gasteiger partial charge is 0.508 e. The van der Waals surface area contributed by atoms with E-state index in [-0.39, 0.29) is 17.1 Å². The Morgan fingerprint density at radius 2 is 1.94 bits per heavy atom. The van der Waals surface area contributed by atoms with Crippen LogP contribution < -0.4 is 0 Å². The molecule has 1 amide bonds. The van der Waals surface area contributed by atoms with Gasteiger partial charge in [-0.05, 0) is 12.1 Å². The zero-order valence-electron chi connectivity index (χ0n) is 8.54. The number of aliphatic carboxylic acids is 1. The van der Waals surface area contributed by atoms with E-state index >= 15 is 0 Å². The Hall–Kier alpha value is -2.24. The average Bonchev–Trinajstić information content (AvgIpc) is 2.15. The molecule has 0 fully saturated rings. The first-order valence-corrected chi connectivity index (χ1v) is 4.41. The molecule has 0 aliphatic rings.